The second kappa shape index (κ2) is 8.76. The molecule has 2 atom stereocenters. The Morgan fingerprint density at radius 2 is 1.62 bits per heavy atom. The molecule has 0 N–H and O–H groups in total. The molecular formula is C24H23F4N. The summed E-state index contributed by atoms with van der Waals surface area (Å²) in [6.07, 6.45) is -1.95. The monoisotopic (exact) mass is 401 g/mol. The van der Waals surface area contributed by atoms with Crippen LogP contribution in [-0.4, -0.2) is 4.98 Å². The molecule has 2 aromatic carbocycles. The van der Waals surface area contributed by atoms with Crippen molar-refractivity contribution >= 4 is 0 Å². The van der Waals surface area contributed by atoms with Gasteiger partial charge in [-0.05, 0) is 54.5 Å². The molecule has 29 heavy (non-hydrogen) atoms. The van der Waals surface area contributed by atoms with Gasteiger partial charge in [-0.25, -0.2) is 4.39 Å². The van der Waals surface area contributed by atoms with Crippen molar-refractivity contribution in [2.24, 2.45) is 0 Å². The Morgan fingerprint density at radius 3 is 2.21 bits per heavy atom. The summed E-state index contributed by atoms with van der Waals surface area (Å²) in [5.41, 5.74) is 1.56. The molecule has 0 saturated heterocycles. The van der Waals surface area contributed by atoms with E-state index in [0.29, 0.717) is 12.8 Å². The Balaban J connectivity index is 2.12. The summed E-state index contributed by atoms with van der Waals surface area (Å²) in [6, 6.07) is 16.8. The number of aryl methyl sites for hydroxylation is 1. The van der Waals surface area contributed by atoms with E-state index < -0.39 is 23.5 Å². The van der Waals surface area contributed by atoms with E-state index in [0.717, 1.165) is 22.9 Å². The molecule has 0 aliphatic heterocycles. The SMILES string of the molecule is CCC(c1ccc(C)cn1)C(Cc1ccccc1)c1cccc(C(F)(F)F)c1F. The molecule has 3 rings (SSSR count). The first-order chi connectivity index (χ1) is 13.8. The van der Waals surface area contributed by atoms with E-state index in [2.05, 4.69) is 4.98 Å². The number of pyridine rings is 1. The molecule has 0 saturated carbocycles. The van der Waals surface area contributed by atoms with Gasteiger partial charge in [0.2, 0.25) is 0 Å². The van der Waals surface area contributed by atoms with Crippen LogP contribution in [-0.2, 0) is 12.6 Å². The second-order valence-corrected chi connectivity index (χ2v) is 7.28. The van der Waals surface area contributed by atoms with Crippen molar-refractivity contribution in [3.8, 4) is 0 Å². The van der Waals surface area contributed by atoms with E-state index in [9.17, 15) is 13.2 Å². The lowest BCUT2D eigenvalue weighted by Gasteiger charge is -2.28. The Kier molecular flexibility index (Phi) is 6.36. The fourth-order valence-corrected chi connectivity index (χ4v) is 3.79. The van der Waals surface area contributed by atoms with E-state index in [4.69, 9.17) is 0 Å². The average molecular weight is 401 g/mol. The number of benzene rings is 2. The predicted octanol–water partition coefficient (Wildman–Crippen LogP) is 7.07. The van der Waals surface area contributed by atoms with Crippen LogP contribution < -0.4 is 0 Å². The van der Waals surface area contributed by atoms with Crippen LogP contribution in [0.3, 0.4) is 0 Å². The van der Waals surface area contributed by atoms with Gasteiger partial charge in [0.25, 0.3) is 0 Å². The Labute approximate surface area is 168 Å². The van der Waals surface area contributed by atoms with Gasteiger partial charge in [-0.3, -0.25) is 4.98 Å². The van der Waals surface area contributed by atoms with Crippen LogP contribution in [0.5, 0.6) is 0 Å². The molecule has 152 valence electrons. The van der Waals surface area contributed by atoms with Crippen LogP contribution in [0.4, 0.5) is 17.6 Å². The first-order valence-corrected chi connectivity index (χ1v) is 9.63. The number of nitrogens with zero attached hydrogens (tertiary/aromatic N) is 1. The molecule has 5 heteroatoms. The zero-order valence-corrected chi connectivity index (χ0v) is 16.4. The molecule has 0 amide bonds. The predicted molar refractivity (Wildman–Crippen MR) is 106 cm³/mol. The van der Waals surface area contributed by atoms with Gasteiger partial charge in [-0.2, -0.15) is 13.2 Å². The van der Waals surface area contributed by atoms with Crippen LogP contribution in [0.2, 0.25) is 0 Å². The maximum Gasteiger partial charge on any atom is 0.419 e. The average Bonchev–Trinajstić information content (AvgIpc) is 2.69. The summed E-state index contributed by atoms with van der Waals surface area (Å²) < 4.78 is 55.0. The lowest BCUT2D eigenvalue weighted by molar-refractivity contribution is -0.140. The van der Waals surface area contributed by atoms with Crippen molar-refractivity contribution in [3.05, 3.63) is 101 Å². The topological polar surface area (TPSA) is 12.9 Å². The highest BCUT2D eigenvalue weighted by Crippen LogP contribution is 2.41. The third-order valence-corrected chi connectivity index (χ3v) is 5.27. The van der Waals surface area contributed by atoms with Crippen LogP contribution in [0.15, 0.2) is 66.9 Å². The molecule has 0 bridgehead atoms. The molecule has 0 aliphatic carbocycles. The van der Waals surface area contributed by atoms with Crippen molar-refractivity contribution in [3.63, 3.8) is 0 Å². The summed E-state index contributed by atoms with van der Waals surface area (Å²) in [6.45, 7) is 3.88. The Bertz CT molecular complexity index is 933. The third kappa shape index (κ3) is 4.84. The Morgan fingerprint density at radius 1 is 0.897 bits per heavy atom. The van der Waals surface area contributed by atoms with E-state index in [1.807, 2.05) is 56.3 Å². The van der Waals surface area contributed by atoms with Gasteiger partial charge in [0.15, 0.2) is 0 Å². The smallest absolute Gasteiger partial charge is 0.261 e. The fraction of sp³-hybridized carbons (Fsp3) is 0.292. The molecule has 0 radical (unpaired) electrons. The highest BCUT2D eigenvalue weighted by Gasteiger charge is 2.37. The van der Waals surface area contributed by atoms with Gasteiger partial charge in [-0.15, -0.1) is 0 Å². The first-order valence-electron chi connectivity index (χ1n) is 9.63. The molecule has 1 heterocycles. The number of rotatable bonds is 6. The number of hydrogen-bond acceptors (Lipinski definition) is 1. The van der Waals surface area contributed by atoms with Gasteiger partial charge < -0.3 is 0 Å². The minimum absolute atomic E-state index is 0.0814. The summed E-state index contributed by atoms with van der Waals surface area (Å²) in [4.78, 5) is 4.49. The van der Waals surface area contributed by atoms with Crippen molar-refractivity contribution < 1.29 is 17.6 Å². The van der Waals surface area contributed by atoms with Crippen LogP contribution in [0, 0.1) is 12.7 Å². The maximum atomic E-state index is 15.1. The van der Waals surface area contributed by atoms with Crippen molar-refractivity contribution in [1.29, 1.82) is 0 Å². The normalized spacial score (nSPS) is 13.9. The van der Waals surface area contributed by atoms with Crippen LogP contribution in [0.1, 0.15) is 53.1 Å². The number of alkyl halides is 3. The van der Waals surface area contributed by atoms with Crippen molar-refractivity contribution in [2.75, 3.05) is 0 Å². The number of halogens is 4. The molecule has 0 aliphatic rings. The summed E-state index contributed by atoms with van der Waals surface area (Å²) in [7, 11) is 0. The fourth-order valence-electron chi connectivity index (χ4n) is 3.79. The zero-order valence-electron chi connectivity index (χ0n) is 16.4. The van der Waals surface area contributed by atoms with E-state index in [1.54, 1.807) is 6.20 Å². The van der Waals surface area contributed by atoms with Crippen molar-refractivity contribution in [2.45, 2.75) is 44.7 Å². The quantitative estimate of drug-likeness (QED) is 0.403. The largest absolute Gasteiger partial charge is 0.419 e. The first kappa shape index (κ1) is 21.0. The lowest BCUT2D eigenvalue weighted by atomic mass is 9.77. The number of hydrogen-bond donors (Lipinski definition) is 0. The van der Waals surface area contributed by atoms with Gasteiger partial charge in [0.05, 0.1) is 5.56 Å². The Hall–Kier alpha value is -2.69. The van der Waals surface area contributed by atoms with Gasteiger partial charge in [0.1, 0.15) is 5.82 Å². The molecule has 1 aromatic heterocycles. The summed E-state index contributed by atoms with van der Waals surface area (Å²) in [5, 5.41) is 0. The lowest BCUT2D eigenvalue weighted by Crippen LogP contribution is -2.19. The van der Waals surface area contributed by atoms with Crippen LogP contribution >= 0.6 is 0 Å². The highest BCUT2D eigenvalue weighted by atomic mass is 19.4. The molecule has 0 fully saturated rings. The zero-order chi connectivity index (χ0) is 21.0. The maximum absolute atomic E-state index is 15.1. The second-order valence-electron chi connectivity index (χ2n) is 7.28. The highest BCUT2D eigenvalue weighted by molar-refractivity contribution is 5.35. The van der Waals surface area contributed by atoms with Gasteiger partial charge in [0, 0.05) is 17.8 Å². The molecule has 2 unspecified atom stereocenters. The van der Waals surface area contributed by atoms with Crippen LogP contribution in [0.25, 0.3) is 0 Å². The standard InChI is InChI=1S/C24H23F4N/c1-3-18(22-13-12-16(2)15-29-22)20(14-17-8-5-4-6-9-17)19-10-7-11-21(23(19)25)24(26,27)28/h4-13,15,18,20H,3,14H2,1-2H3. The molecule has 0 spiro atoms. The summed E-state index contributed by atoms with van der Waals surface area (Å²) >= 11 is 0. The van der Waals surface area contributed by atoms with E-state index in [1.165, 1.54) is 12.1 Å². The summed E-state index contributed by atoms with van der Waals surface area (Å²) in [5.74, 6) is -1.87. The third-order valence-electron chi connectivity index (χ3n) is 5.27. The molecular weight excluding hydrogens is 378 g/mol. The van der Waals surface area contributed by atoms with Gasteiger partial charge in [-0.1, -0.05) is 55.5 Å². The number of aromatic nitrogens is 1. The van der Waals surface area contributed by atoms with Gasteiger partial charge >= 0.3 is 6.18 Å². The molecule has 1 nitrogen and oxygen atoms in total. The van der Waals surface area contributed by atoms with E-state index >= 15 is 4.39 Å². The minimum atomic E-state index is -4.73. The van der Waals surface area contributed by atoms with Crippen molar-refractivity contribution in [1.82, 2.24) is 4.98 Å². The molecule has 3 aromatic rings. The minimum Gasteiger partial charge on any atom is -0.261 e. The van der Waals surface area contributed by atoms with E-state index in [-0.39, 0.29) is 11.5 Å².